The van der Waals surface area contributed by atoms with Gasteiger partial charge in [-0.2, -0.15) is 11.8 Å². The Morgan fingerprint density at radius 3 is 2.79 bits per heavy atom. The summed E-state index contributed by atoms with van der Waals surface area (Å²) in [6, 6.07) is 0.540. The third kappa shape index (κ3) is 2.34. The lowest BCUT2D eigenvalue weighted by Gasteiger charge is -2.31. The van der Waals surface area contributed by atoms with Crippen LogP contribution in [0.25, 0.3) is 0 Å². The van der Waals surface area contributed by atoms with Crippen LogP contribution in [-0.2, 0) is 0 Å². The standard InChI is InChI=1S/C11H18N2S/c1-12-10-2-4-11(5-3-10)13-6-8-14-9-7-13/h2,4-5,10,12H,3,6-9H2,1H3. The zero-order valence-electron chi connectivity index (χ0n) is 8.70. The van der Waals surface area contributed by atoms with E-state index in [0.717, 1.165) is 6.42 Å². The molecule has 1 atom stereocenters. The molecule has 0 amide bonds. The van der Waals surface area contributed by atoms with Gasteiger partial charge in [-0.1, -0.05) is 12.2 Å². The fourth-order valence-corrected chi connectivity index (χ4v) is 2.78. The van der Waals surface area contributed by atoms with Gasteiger partial charge in [-0.25, -0.2) is 0 Å². The Balaban J connectivity index is 1.92. The van der Waals surface area contributed by atoms with E-state index in [-0.39, 0.29) is 0 Å². The molecule has 1 heterocycles. The molecular formula is C11H18N2S. The van der Waals surface area contributed by atoms with Crippen LogP contribution in [0.4, 0.5) is 0 Å². The number of likely N-dealkylation sites (N-methyl/N-ethyl adjacent to an activating group) is 1. The Hall–Kier alpha value is -0.410. The van der Waals surface area contributed by atoms with Crippen LogP contribution >= 0.6 is 11.8 Å². The van der Waals surface area contributed by atoms with E-state index in [1.807, 2.05) is 7.05 Å². The summed E-state index contributed by atoms with van der Waals surface area (Å²) in [6.45, 7) is 2.43. The molecule has 0 aromatic heterocycles. The van der Waals surface area contributed by atoms with Crippen molar-refractivity contribution in [1.82, 2.24) is 10.2 Å². The quantitative estimate of drug-likeness (QED) is 0.743. The predicted octanol–water partition coefficient (Wildman–Crippen LogP) is 1.47. The first-order valence-electron chi connectivity index (χ1n) is 5.28. The fourth-order valence-electron chi connectivity index (χ4n) is 1.88. The molecule has 1 aliphatic heterocycles. The van der Waals surface area contributed by atoms with Crippen LogP contribution in [0.3, 0.4) is 0 Å². The molecule has 0 spiro atoms. The van der Waals surface area contributed by atoms with Crippen LogP contribution in [0.1, 0.15) is 6.42 Å². The second kappa shape index (κ2) is 4.89. The van der Waals surface area contributed by atoms with Crippen molar-refractivity contribution >= 4 is 11.8 Å². The summed E-state index contributed by atoms with van der Waals surface area (Å²) >= 11 is 2.06. The number of allylic oxidation sites excluding steroid dienone is 1. The van der Waals surface area contributed by atoms with E-state index in [4.69, 9.17) is 0 Å². The first-order chi connectivity index (χ1) is 6.90. The van der Waals surface area contributed by atoms with E-state index in [0.29, 0.717) is 6.04 Å². The molecule has 0 radical (unpaired) electrons. The molecule has 2 nitrogen and oxygen atoms in total. The largest absolute Gasteiger partial charge is 0.370 e. The van der Waals surface area contributed by atoms with Crippen molar-refractivity contribution in [2.75, 3.05) is 31.6 Å². The van der Waals surface area contributed by atoms with Gasteiger partial charge in [0, 0.05) is 36.3 Å². The molecule has 2 aliphatic rings. The highest BCUT2D eigenvalue weighted by Crippen LogP contribution is 2.19. The van der Waals surface area contributed by atoms with Crippen molar-refractivity contribution in [2.24, 2.45) is 0 Å². The van der Waals surface area contributed by atoms with Crippen LogP contribution in [0, 0.1) is 0 Å². The van der Waals surface area contributed by atoms with Gasteiger partial charge in [0.05, 0.1) is 0 Å². The summed E-state index contributed by atoms with van der Waals surface area (Å²) in [6.07, 6.45) is 8.03. The van der Waals surface area contributed by atoms with Crippen molar-refractivity contribution in [1.29, 1.82) is 0 Å². The van der Waals surface area contributed by atoms with Gasteiger partial charge >= 0.3 is 0 Å². The van der Waals surface area contributed by atoms with Crippen LogP contribution < -0.4 is 5.32 Å². The van der Waals surface area contributed by atoms with Crippen molar-refractivity contribution < 1.29 is 0 Å². The molecule has 0 aromatic carbocycles. The normalized spacial score (nSPS) is 27.6. The summed E-state index contributed by atoms with van der Waals surface area (Å²) in [5.41, 5.74) is 1.43. The van der Waals surface area contributed by atoms with Gasteiger partial charge in [-0.05, 0) is 19.5 Å². The van der Waals surface area contributed by atoms with Crippen molar-refractivity contribution in [2.45, 2.75) is 12.5 Å². The SMILES string of the molecule is CNC1C=CC(N2CCSCC2)=CC1. The third-order valence-electron chi connectivity index (χ3n) is 2.83. The third-order valence-corrected chi connectivity index (χ3v) is 3.77. The average molecular weight is 210 g/mol. The second-order valence-corrected chi connectivity index (χ2v) is 4.94. The lowest BCUT2D eigenvalue weighted by Crippen LogP contribution is -2.33. The molecule has 0 aromatic rings. The minimum absolute atomic E-state index is 0.540. The van der Waals surface area contributed by atoms with E-state index < -0.39 is 0 Å². The molecule has 1 N–H and O–H groups in total. The van der Waals surface area contributed by atoms with Crippen LogP contribution in [0.5, 0.6) is 0 Å². The molecule has 0 bridgehead atoms. The van der Waals surface area contributed by atoms with Gasteiger partial charge < -0.3 is 10.2 Å². The van der Waals surface area contributed by atoms with Gasteiger partial charge in [-0.15, -0.1) is 0 Å². The predicted molar refractivity (Wildman–Crippen MR) is 63.6 cm³/mol. The maximum absolute atomic E-state index is 3.27. The topological polar surface area (TPSA) is 15.3 Å². The van der Waals surface area contributed by atoms with Crippen LogP contribution in [-0.4, -0.2) is 42.6 Å². The van der Waals surface area contributed by atoms with Gasteiger partial charge in [-0.3, -0.25) is 0 Å². The minimum atomic E-state index is 0.540. The number of rotatable bonds is 2. The number of hydrogen-bond donors (Lipinski definition) is 1. The molecule has 1 aliphatic carbocycles. The smallest absolute Gasteiger partial charge is 0.0324 e. The number of hydrogen-bond acceptors (Lipinski definition) is 3. The summed E-state index contributed by atoms with van der Waals surface area (Å²) in [7, 11) is 2.02. The monoisotopic (exact) mass is 210 g/mol. The highest BCUT2D eigenvalue weighted by molar-refractivity contribution is 7.99. The van der Waals surface area contributed by atoms with E-state index >= 15 is 0 Å². The Kier molecular flexibility index (Phi) is 3.54. The number of nitrogens with zero attached hydrogens (tertiary/aromatic N) is 1. The van der Waals surface area contributed by atoms with E-state index in [2.05, 4.69) is 40.2 Å². The molecule has 1 saturated heterocycles. The zero-order valence-corrected chi connectivity index (χ0v) is 9.52. The van der Waals surface area contributed by atoms with Gasteiger partial charge in [0.1, 0.15) is 0 Å². The van der Waals surface area contributed by atoms with E-state index in [1.165, 1.54) is 30.3 Å². The maximum atomic E-state index is 3.27. The highest BCUT2D eigenvalue weighted by atomic mass is 32.2. The zero-order chi connectivity index (χ0) is 9.80. The lowest BCUT2D eigenvalue weighted by atomic mass is 10.1. The minimum Gasteiger partial charge on any atom is -0.370 e. The van der Waals surface area contributed by atoms with Crippen molar-refractivity contribution in [3.63, 3.8) is 0 Å². The highest BCUT2D eigenvalue weighted by Gasteiger charge is 2.14. The Bertz CT molecular complexity index is 242. The summed E-state index contributed by atoms with van der Waals surface area (Å²) in [4.78, 5) is 2.50. The van der Waals surface area contributed by atoms with E-state index in [9.17, 15) is 0 Å². The second-order valence-electron chi connectivity index (χ2n) is 3.72. The first kappa shape index (κ1) is 10.1. The summed E-state index contributed by atoms with van der Waals surface area (Å²) < 4.78 is 0. The molecule has 2 rings (SSSR count). The van der Waals surface area contributed by atoms with Crippen molar-refractivity contribution in [3.05, 3.63) is 23.9 Å². The van der Waals surface area contributed by atoms with Crippen LogP contribution in [0.2, 0.25) is 0 Å². The van der Waals surface area contributed by atoms with Gasteiger partial charge in [0.25, 0.3) is 0 Å². The first-order valence-corrected chi connectivity index (χ1v) is 6.44. The molecule has 0 saturated carbocycles. The van der Waals surface area contributed by atoms with Crippen LogP contribution in [0.15, 0.2) is 23.9 Å². The molecule has 1 unspecified atom stereocenters. The Morgan fingerprint density at radius 2 is 2.21 bits per heavy atom. The van der Waals surface area contributed by atoms with E-state index in [1.54, 1.807) is 0 Å². The number of nitrogens with one attached hydrogen (secondary N) is 1. The van der Waals surface area contributed by atoms with Crippen molar-refractivity contribution in [3.8, 4) is 0 Å². The van der Waals surface area contributed by atoms with Gasteiger partial charge in [0.15, 0.2) is 0 Å². The van der Waals surface area contributed by atoms with Gasteiger partial charge in [0.2, 0.25) is 0 Å². The lowest BCUT2D eigenvalue weighted by molar-refractivity contribution is 0.387. The maximum Gasteiger partial charge on any atom is 0.0324 e. The molecular weight excluding hydrogens is 192 g/mol. The Morgan fingerprint density at radius 1 is 1.43 bits per heavy atom. The molecule has 3 heteroatoms. The average Bonchev–Trinajstić information content (AvgIpc) is 2.30. The molecule has 14 heavy (non-hydrogen) atoms. The fraction of sp³-hybridized carbons (Fsp3) is 0.636. The molecule has 1 fully saturated rings. The Labute approximate surface area is 90.4 Å². The number of thioether (sulfide) groups is 1. The summed E-state index contributed by atoms with van der Waals surface area (Å²) in [5, 5.41) is 3.27. The summed E-state index contributed by atoms with van der Waals surface area (Å²) in [5.74, 6) is 2.56. The molecule has 78 valence electrons.